The van der Waals surface area contributed by atoms with E-state index in [-0.39, 0.29) is 0 Å². The molecule has 0 bridgehead atoms. The molecule has 0 saturated carbocycles. The van der Waals surface area contributed by atoms with Crippen LogP contribution in [0.1, 0.15) is 52.9 Å². The average Bonchev–Trinajstić information content (AvgIpc) is 2.20. The van der Waals surface area contributed by atoms with Crippen molar-refractivity contribution >= 4 is 0 Å². The predicted octanol–water partition coefficient (Wildman–Crippen LogP) is 2.28. The minimum absolute atomic E-state index is 0.384. The molecule has 0 spiro atoms. The van der Waals surface area contributed by atoms with Gasteiger partial charge in [-0.3, -0.25) is 0 Å². The van der Waals surface area contributed by atoms with Gasteiger partial charge in [0.2, 0.25) is 0 Å². The normalized spacial score (nSPS) is 12.0. The second-order valence-electron chi connectivity index (χ2n) is 3.76. The lowest BCUT2D eigenvalue weighted by molar-refractivity contribution is 0.289. The van der Waals surface area contributed by atoms with Gasteiger partial charge >= 0.3 is 0 Å². The van der Waals surface area contributed by atoms with Crippen LogP contribution in [0.25, 0.3) is 0 Å². The highest BCUT2D eigenvalue weighted by Gasteiger charge is 2.21. The number of nitrogens with two attached hydrogens (primary N) is 1. The van der Waals surface area contributed by atoms with E-state index in [9.17, 15) is 0 Å². The van der Waals surface area contributed by atoms with Gasteiger partial charge in [-0.2, -0.15) is 0 Å². The molecular weight excluding hydrogens is 160 g/mol. The fourth-order valence-electron chi connectivity index (χ4n) is 1.75. The van der Waals surface area contributed by atoms with Gasteiger partial charge in [0.15, 0.2) is 0 Å². The van der Waals surface area contributed by atoms with Crippen molar-refractivity contribution in [1.29, 1.82) is 0 Å². The molecule has 0 unspecified atom stereocenters. The molecule has 0 aromatic heterocycles. The maximum absolute atomic E-state index is 5.45. The van der Waals surface area contributed by atoms with Crippen LogP contribution >= 0.6 is 0 Å². The molecule has 0 aliphatic carbocycles. The van der Waals surface area contributed by atoms with Gasteiger partial charge in [-0.1, -0.05) is 20.8 Å². The first-order valence-corrected chi connectivity index (χ1v) is 5.69. The molecule has 0 aliphatic heterocycles. The summed E-state index contributed by atoms with van der Waals surface area (Å²) >= 11 is 0. The van der Waals surface area contributed by atoms with Gasteiger partial charge in [0.1, 0.15) is 0 Å². The largest absolute Gasteiger partial charge is 0.330 e. The lowest BCUT2D eigenvalue weighted by Gasteiger charge is -2.32. The van der Waals surface area contributed by atoms with Crippen LogP contribution in [0.3, 0.4) is 0 Å². The zero-order valence-corrected chi connectivity index (χ0v) is 9.53. The second kappa shape index (κ2) is 7.34. The topological polar surface area (TPSA) is 38.0 Å². The summed E-state index contributed by atoms with van der Waals surface area (Å²) in [5, 5.41) is 3.66. The standard InChI is InChI=1S/C11H26N2/c1-4-11(5-2,6-3)13-10-8-7-9-12/h13H,4-10,12H2,1-3H3. The maximum atomic E-state index is 5.45. The molecule has 0 aliphatic rings. The number of unbranched alkanes of at least 4 members (excludes halogenated alkanes) is 1. The molecule has 2 heteroatoms. The summed E-state index contributed by atoms with van der Waals surface area (Å²) in [6, 6.07) is 0. The Kier molecular flexibility index (Phi) is 7.29. The van der Waals surface area contributed by atoms with Crippen molar-refractivity contribution in [3.63, 3.8) is 0 Å². The van der Waals surface area contributed by atoms with Crippen molar-refractivity contribution in [3.8, 4) is 0 Å². The van der Waals surface area contributed by atoms with Gasteiger partial charge in [0, 0.05) is 5.54 Å². The smallest absolute Gasteiger partial charge is 0.0173 e. The first-order chi connectivity index (χ1) is 6.24. The summed E-state index contributed by atoms with van der Waals surface area (Å²) in [6.45, 7) is 8.74. The van der Waals surface area contributed by atoms with Crippen molar-refractivity contribution in [2.24, 2.45) is 5.73 Å². The maximum Gasteiger partial charge on any atom is 0.0173 e. The Morgan fingerprint density at radius 2 is 1.54 bits per heavy atom. The Morgan fingerprint density at radius 3 is 1.92 bits per heavy atom. The molecule has 0 aromatic rings. The molecule has 0 heterocycles. The quantitative estimate of drug-likeness (QED) is 0.571. The van der Waals surface area contributed by atoms with E-state index in [1.54, 1.807) is 0 Å². The minimum Gasteiger partial charge on any atom is -0.330 e. The van der Waals surface area contributed by atoms with Gasteiger partial charge < -0.3 is 11.1 Å². The van der Waals surface area contributed by atoms with E-state index in [0.29, 0.717) is 5.54 Å². The number of hydrogen-bond donors (Lipinski definition) is 2. The van der Waals surface area contributed by atoms with E-state index < -0.39 is 0 Å². The van der Waals surface area contributed by atoms with E-state index >= 15 is 0 Å². The second-order valence-corrected chi connectivity index (χ2v) is 3.76. The van der Waals surface area contributed by atoms with E-state index in [2.05, 4.69) is 26.1 Å². The first kappa shape index (κ1) is 12.9. The Balaban J connectivity index is 3.68. The van der Waals surface area contributed by atoms with E-state index in [1.165, 1.54) is 25.7 Å². The lowest BCUT2D eigenvalue weighted by atomic mass is 9.90. The molecule has 0 aromatic carbocycles. The van der Waals surface area contributed by atoms with Crippen molar-refractivity contribution in [3.05, 3.63) is 0 Å². The molecule has 13 heavy (non-hydrogen) atoms. The molecule has 0 rings (SSSR count). The van der Waals surface area contributed by atoms with E-state index in [4.69, 9.17) is 5.73 Å². The Labute approximate surface area is 83.3 Å². The summed E-state index contributed by atoms with van der Waals surface area (Å²) in [5.74, 6) is 0. The third kappa shape index (κ3) is 4.63. The summed E-state index contributed by atoms with van der Waals surface area (Å²) < 4.78 is 0. The van der Waals surface area contributed by atoms with Crippen LogP contribution in [0.15, 0.2) is 0 Å². The summed E-state index contributed by atoms with van der Waals surface area (Å²) in [7, 11) is 0. The van der Waals surface area contributed by atoms with Crippen LogP contribution in [0.5, 0.6) is 0 Å². The van der Waals surface area contributed by atoms with E-state index in [1.807, 2.05) is 0 Å². The van der Waals surface area contributed by atoms with Crippen molar-refractivity contribution in [1.82, 2.24) is 5.32 Å². The zero-order valence-electron chi connectivity index (χ0n) is 9.53. The molecule has 0 fully saturated rings. The Bertz CT molecular complexity index is 100. The minimum atomic E-state index is 0.384. The van der Waals surface area contributed by atoms with Crippen molar-refractivity contribution in [2.75, 3.05) is 13.1 Å². The van der Waals surface area contributed by atoms with Crippen LogP contribution < -0.4 is 11.1 Å². The fraction of sp³-hybridized carbons (Fsp3) is 1.00. The first-order valence-electron chi connectivity index (χ1n) is 5.69. The van der Waals surface area contributed by atoms with Gasteiger partial charge in [-0.05, 0) is 45.2 Å². The van der Waals surface area contributed by atoms with Gasteiger partial charge in [0.25, 0.3) is 0 Å². The van der Waals surface area contributed by atoms with Crippen LogP contribution in [0, 0.1) is 0 Å². The fourth-order valence-corrected chi connectivity index (χ4v) is 1.75. The molecule has 0 amide bonds. The third-order valence-corrected chi connectivity index (χ3v) is 3.16. The van der Waals surface area contributed by atoms with Crippen LogP contribution in [-0.2, 0) is 0 Å². The zero-order chi connectivity index (χ0) is 10.2. The summed E-state index contributed by atoms with van der Waals surface area (Å²) in [5.41, 5.74) is 5.83. The summed E-state index contributed by atoms with van der Waals surface area (Å²) in [4.78, 5) is 0. The number of hydrogen-bond acceptors (Lipinski definition) is 2. The molecular formula is C11H26N2. The lowest BCUT2D eigenvalue weighted by Crippen LogP contribution is -2.44. The molecule has 3 N–H and O–H groups in total. The summed E-state index contributed by atoms with van der Waals surface area (Å²) in [6.07, 6.45) is 6.02. The molecule has 0 radical (unpaired) electrons. The highest BCUT2D eigenvalue weighted by molar-refractivity contribution is 4.83. The van der Waals surface area contributed by atoms with Crippen molar-refractivity contribution < 1.29 is 0 Å². The third-order valence-electron chi connectivity index (χ3n) is 3.16. The number of rotatable bonds is 8. The molecule has 0 saturated heterocycles. The van der Waals surface area contributed by atoms with Gasteiger partial charge in [-0.15, -0.1) is 0 Å². The van der Waals surface area contributed by atoms with E-state index in [0.717, 1.165) is 19.5 Å². The van der Waals surface area contributed by atoms with Crippen LogP contribution in [-0.4, -0.2) is 18.6 Å². The highest BCUT2D eigenvalue weighted by Crippen LogP contribution is 2.18. The monoisotopic (exact) mass is 186 g/mol. The molecule has 80 valence electrons. The SMILES string of the molecule is CCC(CC)(CC)NCCCCN. The Hall–Kier alpha value is -0.0800. The molecule has 2 nitrogen and oxygen atoms in total. The van der Waals surface area contributed by atoms with Crippen LogP contribution in [0.4, 0.5) is 0 Å². The van der Waals surface area contributed by atoms with Crippen molar-refractivity contribution in [2.45, 2.75) is 58.4 Å². The highest BCUT2D eigenvalue weighted by atomic mass is 15.0. The predicted molar refractivity (Wildman–Crippen MR) is 59.9 cm³/mol. The van der Waals surface area contributed by atoms with Crippen LogP contribution in [0.2, 0.25) is 0 Å². The average molecular weight is 186 g/mol. The molecule has 0 atom stereocenters. The number of nitrogens with one attached hydrogen (secondary N) is 1. The Morgan fingerprint density at radius 1 is 1.00 bits per heavy atom. The van der Waals surface area contributed by atoms with Gasteiger partial charge in [0.05, 0.1) is 0 Å². The van der Waals surface area contributed by atoms with Gasteiger partial charge in [-0.25, -0.2) is 0 Å².